The number of hydrogen-bond acceptors (Lipinski definition) is 15. The molecule has 0 radical (unpaired) electrons. The van der Waals surface area contributed by atoms with Crippen LogP contribution in [0.2, 0.25) is 0 Å². The van der Waals surface area contributed by atoms with Gasteiger partial charge in [-0.1, -0.05) is 19.9 Å². The van der Waals surface area contributed by atoms with Crippen molar-refractivity contribution in [2.24, 2.45) is 0 Å². The largest absolute Gasteiger partial charge is 1.00 e. The molecule has 0 saturated carbocycles. The van der Waals surface area contributed by atoms with E-state index in [1.54, 1.807) is 6.07 Å². The third kappa shape index (κ3) is 17.4. The molecule has 23 heteroatoms. The van der Waals surface area contributed by atoms with Crippen molar-refractivity contribution in [3.63, 3.8) is 0 Å². The zero-order valence-corrected chi connectivity index (χ0v) is 44.6. The number of anilines is 1. The predicted octanol–water partition coefficient (Wildman–Crippen LogP) is -4.74. The van der Waals surface area contributed by atoms with Crippen LogP contribution in [0.25, 0.3) is 0 Å². The Kier molecular flexibility index (Phi) is 24.7. The number of nitrogens with zero attached hydrogens (tertiary/aromatic N) is 2. The van der Waals surface area contributed by atoms with Gasteiger partial charge in [-0.3, -0.25) is 9.59 Å². The molecule has 0 spiro atoms. The second kappa shape index (κ2) is 25.6. The second-order valence-electron chi connectivity index (χ2n) is 14.8. The minimum atomic E-state index is -4.38. The molecule has 60 heavy (non-hydrogen) atoms. The average Bonchev–Trinajstić information content (AvgIpc) is 3.45. The third-order valence-electron chi connectivity index (χ3n) is 9.82. The zero-order chi connectivity index (χ0) is 42.1. The van der Waals surface area contributed by atoms with Gasteiger partial charge in [0.25, 0.3) is 10.1 Å². The molecule has 0 aromatic heterocycles. The Morgan fingerprint density at radius 2 is 1.35 bits per heavy atom. The number of fused-ring (bicyclic) bond motifs is 2. The zero-order valence-electron chi connectivity index (χ0n) is 35.4. The second-order valence-corrected chi connectivity index (χ2v) is 20.2. The fourth-order valence-corrected chi connectivity index (χ4v) is 9.03. The molecular weight excluding hydrogens is 894 g/mol. The first-order valence-corrected chi connectivity index (χ1v) is 24.1. The number of rotatable bonds is 24. The molecule has 0 fully saturated rings. The Morgan fingerprint density at radius 1 is 0.767 bits per heavy atom. The summed E-state index contributed by atoms with van der Waals surface area (Å²) in [7, 11) is -12.9. The van der Waals surface area contributed by atoms with Crippen molar-refractivity contribution in [2.75, 3.05) is 54.2 Å². The quantitative estimate of drug-likeness (QED) is 0.0198. The molecular formula is C37H50N2Na3O14S4+. The van der Waals surface area contributed by atoms with Crippen molar-refractivity contribution in [3.8, 4) is 11.5 Å². The van der Waals surface area contributed by atoms with Crippen molar-refractivity contribution >= 4 is 59.5 Å². The summed E-state index contributed by atoms with van der Waals surface area (Å²) in [5.74, 6) is 0.264. The van der Waals surface area contributed by atoms with Gasteiger partial charge >= 0.3 is 88.7 Å². The first kappa shape index (κ1) is 58.0. The molecule has 2 heterocycles. The van der Waals surface area contributed by atoms with Crippen molar-refractivity contribution in [1.82, 2.24) is 0 Å². The first-order chi connectivity index (χ1) is 26.6. The summed E-state index contributed by atoms with van der Waals surface area (Å²) in [5.41, 5.74) is 4.39. The standard InChI is InChI=1S/C37H52N2O14S4.3Na/c1-36(2)30-26-28(50-20-10-22-54-53-52-40)14-16-32(30)38(18-5-7-23-55(41,42)43)34(36)12-9-13-35-37(3,4)31-27-29(51-21-11-25-57(47,48)49)15-17-33(31)39(35)19-6-8-24-56(44,45)46;;;/h9,12-17,26-27H,5-8,10-11,18-25H2,1-4H3,(H3-,40,41,42,43,44,45,46,47,48,49);;;/q;3*+1/p-2. The van der Waals surface area contributed by atoms with Crippen LogP contribution in [0.3, 0.4) is 0 Å². The Hall–Kier alpha value is -0.0500. The Labute approximate surface area is 425 Å². The smallest absolute Gasteiger partial charge is 0.748 e. The Morgan fingerprint density at radius 3 is 1.97 bits per heavy atom. The maximum atomic E-state index is 11.5. The van der Waals surface area contributed by atoms with Crippen LogP contribution in [0.15, 0.2) is 60.3 Å². The molecule has 0 atom stereocenters. The molecule has 2 aromatic carbocycles. The number of ether oxygens (including phenoxy) is 2. The monoisotopic (exact) mass is 943 g/mol. The van der Waals surface area contributed by atoms with E-state index in [-0.39, 0.29) is 120 Å². The van der Waals surface area contributed by atoms with Gasteiger partial charge in [-0.2, -0.15) is 17.3 Å². The van der Waals surface area contributed by atoms with Crippen LogP contribution in [0.5, 0.6) is 11.5 Å². The SMILES string of the molecule is CC1(C)C(C=C/C=C2/N(CCCCS(=O)(=O)[O-])c3ccc(OCCCS(=O)(=O)[O-])cc3C2(C)C)=[N+](CCCCS(=O)(=O)O)c2ccc(OCCCSOO[O-])cc21.[Na+].[Na+].[Na+]. The minimum absolute atomic E-state index is 0. The summed E-state index contributed by atoms with van der Waals surface area (Å²) in [4.78, 5) is 2.08. The van der Waals surface area contributed by atoms with E-state index in [1.807, 2.05) is 62.4 Å². The molecule has 0 aliphatic carbocycles. The maximum absolute atomic E-state index is 11.5. The molecule has 2 aliphatic rings. The van der Waals surface area contributed by atoms with E-state index in [0.717, 1.165) is 46.0 Å². The van der Waals surface area contributed by atoms with Crippen LogP contribution < -0.4 is 108 Å². The molecule has 0 saturated heterocycles. The average molecular weight is 944 g/mol. The third-order valence-corrected chi connectivity index (χ3v) is 12.8. The number of unbranched alkanes of at least 4 members (excludes halogenated alkanes) is 2. The maximum Gasteiger partial charge on any atom is 1.00 e. The van der Waals surface area contributed by atoms with E-state index in [1.165, 1.54) is 0 Å². The fourth-order valence-electron chi connectivity index (χ4n) is 7.09. The van der Waals surface area contributed by atoms with E-state index < -0.39 is 52.7 Å². The van der Waals surface area contributed by atoms with Gasteiger partial charge in [-0.05, 0) is 87.9 Å². The molecule has 1 N–H and O–H groups in total. The van der Waals surface area contributed by atoms with E-state index >= 15 is 0 Å². The van der Waals surface area contributed by atoms with Crippen LogP contribution in [-0.2, 0) is 50.6 Å². The number of hydrogen-bond donors (Lipinski definition) is 1. The topological polar surface area (TPSA) is 235 Å². The summed E-state index contributed by atoms with van der Waals surface area (Å²) in [6, 6.07) is 11.3. The summed E-state index contributed by atoms with van der Waals surface area (Å²) >= 11 is 0.885. The van der Waals surface area contributed by atoms with Gasteiger partial charge in [0.2, 0.25) is 5.69 Å². The molecule has 0 amide bonds. The predicted molar refractivity (Wildman–Crippen MR) is 212 cm³/mol. The van der Waals surface area contributed by atoms with Crippen LogP contribution in [0.1, 0.15) is 77.3 Å². The van der Waals surface area contributed by atoms with Crippen LogP contribution in [0.4, 0.5) is 11.4 Å². The fraction of sp³-hybridized carbons (Fsp3) is 0.541. The molecule has 0 bridgehead atoms. The number of benzene rings is 2. The van der Waals surface area contributed by atoms with E-state index in [9.17, 15) is 44.2 Å². The Balaban J connectivity index is 0.00000600. The summed E-state index contributed by atoms with van der Waals surface area (Å²) in [6.45, 7) is 9.53. The molecule has 2 aliphatic heterocycles. The first-order valence-electron chi connectivity index (χ1n) is 18.4. The molecule has 2 aromatic rings. The van der Waals surface area contributed by atoms with Crippen molar-refractivity contribution in [2.45, 2.75) is 77.0 Å². The van der Waals surface area contributed by atoms with Crippen molar-refractivity contribution in [3.05, 3.63) is 71.5 Å². The Bertz CT molecular complexity index is 2170. The summed E-state index contributed by atoms with van der Waals surface area (Å²) in [6.07, 6.45) is 7.90. The number of allylic oxidation sites excluding steroid dienone is 4. The van der Waals surface area contributed by atoms with Gasteiger partial charge in [0, 0.05) is 76.8 Å². The van der Waals surface area contributed by atoms with Crippen molar-refractivity contribution < 1.29 is 156 Å². The molecule has 4 rings (SSSR count). The van der Waals surface area contributed by atoms with Gasteiger partial charge in [-0.25, -0.2) is 16.8 Å². The molecule has 318 valence electrons. The summed E-state index contributed by atoms with van der Waals surface area (Å²) in [5, 5.41) is 13.4. The minimum Gasteiger partial charge on any atom is -0.748 e. The van der Waals surface area contributed by atoms with Crippen LogP contribution in [-0.4, -0.2) is 98.5 Å². The van der Waals surface area contributed by atoms with E-state index in [0.29, 0.717) is 56.2 Å². The normalized spacial score (nSPS) is 16.3. The summed E-state index contributed by atoms with van der Waals surface area (Å²) < 4.78 is 118. The van der Waals surface area contributed by atoms with Gasteiger partial charge < -0.3 is 28.7 Å². The molecule has 0 unspecified atom stereocenters. The van der Waals surface area contributed by atoms with Crippen LogP contribution >= 0.6 is 12.0 Å². The van der Waals surface area contributed by atoms with Gasteiger partial charge in [0.1, 0.15) is 18.0 Å². The van der Waals surface area contributed by atoms with Gasteiger partial charge in [0.15, 0.2) is 5.71 Å². The van der Waals surface area contributed by atoms with Gasteiger partial charge in [0.05, 0.1) is 44.6 Å². The van der Waals surface area contributed by atoms with Crippen molar-refractivity contribution in [1.29, 1.82) is 0 Å². The molecule has 16 nitrogen and oxygen atoms in total. The van der Waals surface area contributed by atoms with Gasteiger partial charge in [-0.15, -0.1) is 0 Å². The van der Waals surface area contributed by atoms with E-state index in [4.69, 9.17) is 9.47 Å². The van der Waals surface area contributed by atoms with E-state index in [2.05, 4.69) is 32.7 Å². The van der Waals surface area contributed by atoms with Crippen LogP contribution in [0, 0.1) is 0 Å².